The van der Waals surface area contributed by atoms with E-state index in [1.807, 2.05) is 0 Å². The molecule has 2 unspecified atom stereocenters. The molecule has 4 nitrogen and oxygen atoms in total. The summed E-state index contributed by atoms with van der Waals surface area (Å²) in [4.78, 5) is 0. The van der Waals surface area contributed by atoms with Crippen LogP contribution in [0.2, 0.25) is 0 Å². The molecule has 3 fully saturated rings. The van der Waals surface area contributed by atoms with Gasteiger partial charge in [-0.2, -0.15) is 0 Å². The molecule has 0 radical (unpaired) electrons. The lowest BCUT2D eigenvalue weighted by atomic mass is 9.97. The van der Waals surface area contributed by atoms with Crippen molar-refractivity contribution in [3.8, 4) is 0 Å². The highest BCUT2D eigenvalue weighted by Crippen LogP contribution is 2.23. The van der Waals surface area contributed by atoms with E-state index in [1.165, 1.54) is 0 Å². The van der Waals surface area contributed by atoms with Crippen LogP contribution in [0.1, 0.15) is 0 Å². The summed E-state index contributed by atoms with van der Waals surface area (Å²) in [7, 11) is 0. The fourth-order valence-electron chi connectivity index (χ4n) is 1.37. The topological polar surface area (TPSA) is 58.9 Å². The molecular formula is C6H10O4. The van der Waals surface area contributed by atoms with E-state index in [0.717, 1.165) is 0 Å². The smallest absolute Gasteiger partial charge is 0.111 e. The van der Waals surface area contributed by atoms with Gasteiger partial charge in [0.1, 0.15) is 24.4 Å². The fourth-order valence-corrected chi connectivity index (χ4v) is 1.37. The lowest BCUT2D eigenvalue weighted by molar-refractivity contribution is -0.265. The summed E-state index contributed by atoms with van der Waals surface area (Å²) in [5.41, 5.74) is 0. The standard InChI is InChI=1S/C6H10O4/c7-5-3-1-9-4(2-10-3)6(5)8/h3-8H,1-2H2/t3-,4-,5?,6?/m0/s1. The van der Waals surface area contributed by atoms with Crippen LogP contribution in [0.5, 0.6) is 0 Å². The predicted octanol–water partition coefficient (Wildman–Crippen LogP) is -1.49. The second-order valence-electron chi connectivity index (χ2n) is 2.72. The lowest BCUT2D eigenvalue weighted by Crippen LogP contribution is -2.60. The molecular weight excluding hydrogens is 136 g/mol. The quantitative estimate of drug-likeness (QED) is 0.437. The fraction of sp³-hybridized carbons (Fsp3) is 1.00. The first kappa shape index (κ1) is 6.54. The molecule has 0 aromatic carbocycles. The van der Waals surface area contributed by atoms with E-state index in [2.05, 4.69) is 0 Å². The maximum atomic E-state index is 9.21. The van der Waals surface area contributed by atoms with Gasteiger partial charge in [-0.1, -0.05) is 0 Å². The third kappa shape index (κ3) is 0.769. The molecule has 4 heteroatoms. The van der Waals surface area contributed by atoms with Crippen molar-refractivity contribution in [2.75, 3.05) is 13.2 Å². The molecule has 0 spiro atoms. The van der Waals surface area contributed by atoms with Gasteiger partial charge in [-0.05, 0) is 0 Å². The molecule has 0 amide bonds. The van der Waals surface area contributed by atoms with Crippen molar-refractivity contribution in [2.45, 2.75) is 24.4 Å². The van der Waals surface area contributed by atoms with Crippen LogP contribution >= 0.6 is 0 Å². The van der Waals surface area contributed by atoms with Gasteiger partial charge in [-0.3, -0.25) is 0 Å². The van der Waals surface area contributed by atoms with Gasteiger partial charge in [0.15, 0.2) is 0 Å². The monoisotopic (exact) mass is 146 g/mol. The zero-order valence-electron chi connectivity index (χ0n) is 5.43. The van der Waals surface area contributed by atoms with Gasteiger partial charge in [-0.15, -0.1) is 0 Å². The number of aliphatic hydroxyl groups excluding tert-OH is 2. The van der Waals surface area contributed by atoms with Crippen LogP contribution in [0.25, 0.3) is 0 Å². The van der Waals surface area contributed by atoms with E-state index < -0.39 is 12.2 Å². The normalized spacial score (nSPS) is 53.4. The third-order valence-corrected chi connectivity index (χ3v) is 2.06. The van der Waals surface area contributed by atoms with Crippen LogP contribution < -0.4 is 0 Å². The Morgan fingerprint density at radius 2 is 1.30 bits per heavy atom. The van der Waals surface area contributed by atoms with Crippen molar-refractivity contribution in [1.29, 1.82) is 0 Å². The Bertz CT molecular complexity index is 110. The summed E-state index contributed by atoms with van der Waals surface area (Å²) >= 11 is 0. The summed E-state index contributed by atoms with van der Waals surface area (Å²) in [6.45, 7) is 0.811. The molecule has 2 N–H and O–H groups in total. The van der Waals surface area contributed by atoms with Crippen molar-refractivity contribution in [2.24, 2.45) is 0 Å². The number of hydrogen-bond acceptors (Lipinski definition) is 4. The molecule has 58 valence electrons. The molecule has 10 heavy (non-hydrogen) atoms. The Morgan fingerprint density at radius 1 is 0.900 bits per heavy atom. The van der Waals surface area contributed by atoms with Crippen molar-refractivity contribution < 1.29 is 19.7 Å². The highest BCUT2D eigenvalue weighted by atomic mass is 16.6. The van der Waals surface area contributed by atoms with E-state index >= 15 is 0 Å². The van der Waals surface area contributed by atoms with E-state index in [1.54, 1.807) is 0 Å². The van der Waals surface area contributed by atoms with Crippen molar-refractivity contribution >= 4 is 0 Å². The number of aliphatic hydroxyl groups is 2. The van der Waals surface area contributed by atoms with Gasteiger partial charge in [0, 0.05) is 0 Å². The minimum Gasteiger partial charge on any atom is -0.388 e. The molecule has 2 bridgehead atoms. The molecule has 0 aromatic heterocycles. The molecule has 3 rings (SSSR count). The summed E-state index contributed by atoms with van der Waals surface area (Å²) in [5.74, 6) is 0. The second-order valence-corrected chi connectivity index (χ2v) is 2.72. The van der Waals surface area contributed by atoms with Gasteiger partial charge in [0.25, 0.3) is 0 Å². The zero-order valence-corrected chi connectivity index (χ0v) is 5.43. The van der Waals surface area contributed by atoms with Gasteiger partial charge in [0.05, 0.1) is 13.2 Å². The largest absolute Gasteiger partial charge is 0.388 e. The Kier molecular flexibility index (Phi) is 1.42. The molecule has 3 saturated heterocycles. The Morgan fingerprint density at radius 3 is 1.50 bits per heavy atom. The SMILES string of the molecule is OC1C(O)[C@@H]2CO[C@H]1CO2. The van der Waals surface area contributed by atoms with Crippen LogP contribution in [-0.2, 0) is 9.47 Å². The van der Waals surface area contributed by atoms with E-state index in [-0.39, 0.29) is 12.2 Å². The number of rotatable bonds is 0. The Labute approximate surface area is 58.4 Å². The van der Waals surface area contributed by atoms with Gasteiger partial charge < -0.3 is 19.7 Å². The second kappa shape index (κ2) is 2.17. The minimum absolute atomic E-state index is 0.319. The minimum atomic E-state index is -0.757. The first-order valence-corrected chi connectivity index (χ1v) is 3.38. The lowest BCUT2D eigenvalue weighted by Gasteiger charge is -2.43. The van der Waals surface area contributed by atoms with Gasteiger partial charge in [0.2, 0.25) is 0 Å². The van der Waals surface area contributed by atoms with E-state index in [0.29, 0.717) is 13.2 Å². The van der Waals surface area contributed by atoms with Crippen molar-refractivity contribution in [3.05, 3.63) is 0 Å². The van der Waals surface area contributed by atoms with Crippen LogP contribution in [0.15, 0.2) is 0 Å². The average Bonchev–Trinajstić information content (AvgIpc) is 2.00. The van der Waals surface area contributed by atoms with Crippen molar-refractivity contribution in [3.63, 3.8) is 0 Å². The third-order valence-electron chi connectivity index (χ3n) is 2.06. The maximum absolute atomic E-state index is 9.21. The highest BCUT2D eigenvalue weighted by Gasteiger charge is 2.43. The van der Waals surface area contributed by atoms with Gasteiger partial charge >= 0.3 is 0 Å². The molecule has 0 aromatic rings. The summed E-state index contributed by atoms with van der Waals surface area (Å²) in [5, 5.41) is 18.4. The average molecular weight is 146 g/mol. The highest BCUT2D eigenvalue weighted by molar-refractivity contribution is 4.91. The summed E-state index contributed by atoms with van der Waals surface area (Å²) in [6.07, 6.45) is -2.15. The molecule has 3 aliphatic heterocycles. The Hall–Kier alpha value is -0.160. The van der Waals surface area contributed by atoms with Crippen LogP contribution in [0.3, 0.4) is 0 Å². The maximum Gasteiger partial charge on any atom is 0.111 e. The van der Waals surface area contributed by atoms with Crippen LogP contribution in [0.4, 0.5) is 0 Å². The first-order chi connectivity index (χ1) is 4.79. The van der Waals surface area contributed by atoms with Crippen LogP contribution in [-0.4, -0.2) is 47.8 Å². The molecule has 3 heterocycles. The van der Waals surface area contributed by atoms with E-state index in [4.69, 9.17) is 9.47 Å². The molecule has 0 aliphatic carbocycles. The molecule has 4 atom stereocenters. The van der Waals surface area contributed by atoms with Crippen molar-refractivity contribution in [1.82, 2.24) is 0 Å². The zero-order chi connectivity index (χ0) is 7.14. The number of fused-ring (bicyclic) bond motifs is 3. The Balaban J connectivity index is 2.13. The molecule has 0 saturated carbocycles. The number of ether oxygens (including phenoxy) is 2. The predicted molar refractivity (Wildman–Crippen MR) is 31.5 cm³/mol. The van der Waals surface area contributed by atoms with E-state index in [9.17, 15) is 10.2 Å². The first-order valence-electron chi connectivity index (χ1n) is 3.38. The molecule has 3 aliphatic rings. The van der Waals surface area contributed by atoms with Crippen LogP contribution in [0, 0.1) is 0 Å². The summed E-state index contributed by atoms with van der Waals surface area (Å²) < 4.78 is 10.2. The summed E-state index contributed by atoms with van der Waals surface area (Å²) in [6, 6.07) is 0. The number of hydrogen-bond donors (Lipinski definition) is 2. The van der Waals surface area contributed by atoms with Gasteiger partial charge in [-0.25, -0.2) is 0 Å².